The number of fused-ring (bicyclic) bond motifs is 1. The van der Waals surface area contributed by atoms with Crippen LogP contribution < -0.4 is 5.76 Å². The predicted octanol–water partition coefficient (Wildman–Crippen LogP) is 2.56. The molecule has 1 aliphatic carbocycles. The summed E-state index contributed by atoms with van der Waals surface area (Å²) in [7, 11) is 1.84. The lowest BCUT2D eigenvalue weighted by atomic mass is 10.2. The first kappa shape index (κ1) is 13.9. The van der Waals surface area contributed by atoms with Crippen LogP contribution >= 0.6 is 0 Å². The lowest BCUT2D eigenvalue weighted by Crippen LogP contribution is -2.40. The zero-order valence-electron chi connectivity index (χ0n) is 12.4. The molecule has 1 aliphatic rings. The van der Waals surface area contributed by atoms with Gasteiger partial charge in [0.05, 0.1) is 5.52 Å². The molecular weight excluding hydrogens is 268 g/mol. The van der Waals surface area contributed by atoms with Gasteiger partial charge in [0.15, 0.2) is 5.58 Å². The van der Waals surface area contributed by atoms with Crippen LogP contribution in [0.5, 0.6) is 0 Å². The molecule has 1 fully saturated rings. The zero-order chi connectivity index (χ0) is 15.0. The normalized spacial score (nSPS) is 17.2. The molecule has 1 aromatic heterocycles. The lowest BCUT2D eigenvalue weighted by Gasteiger charge is -2.27. The molecule has 1 aromatic carbocycles. The fraction of sp³-hybridized carbons (Fsp3) is 0.500. The third-order valence-electron chi connectivity index (χ3n) is 4.48. The number of amides is 1. The van der Waals surface area contributed by atoms with E-state index in [4.69, 9.17) is 4.42 Å². The highest BCUT2D eigenvalue weighted by Crippen LogP contribution is 2.25. The summed E-state index contributed by atoms with van der Waals surface area (Å²) in [4.78, 5) is 26.5. The Morgan fingerprint density at radius 1 is 1.33 bits per heavy atom. The molecule has 2 aromatic rings. The van der Waals surface area contributed by atoms with E-state index in [1.165, 1.54) is 17.4 Å². The first-order valence-corrected chi connectivity index (χ1v) is 7.46. The van der Waals surface area contributed by atoms with Crippen molar-refractivity contribution in [3.8, 4) is 0 Å². The Hall–Kier alpha value is -2.04. The molecule has 0 N–H and O–H groups in total. The number of hydrogen-bond acceptors (Lipinski definition) is 3. The van der Waals surface area contributed by atoms with E-state index in [0.717, 1.165) is 12.8 Å². The molecule has 1 heterocycles. The average molecular weight is 288 g/mol. The van der Waals surface area contributed by atoms with Crippen molar-refractivity contribution in [1.29, 1.82) is 0 Å². The third-order valence-corrected chi connectivity index (χ3v) is 4.48. The fourth-order valence-corrected chi connectivity index (χ4v) is 3.23. The van der Waals surface area contributed by atoms with E-state index in [1.807, 2.05) is 19.2 Å². The van der Waals surface area contributed by atoms with E-state index in [2.05, 4.69) is 0 Å². The molecule has 21 heavy (non-hydrogen) atoms. The van der Waals surface area contributed by atoms with Crippen molar-refractivity contribution >= 4 is 17.0 Å². The smallest absolute Gasteiger partial charge is 0.408 e. The van der Waals surface area contributed by atoms with Gasteiger partial charge in [-0.15, -0.1) is 0 Å². The van der Waals surface area contributed by atoms with Gasteiger partial charge < -0.3 is 9.32 Å². The molecule has 5 heteroatoms. The van der Waals surface area contributed by atoms with Crippen LogP contribution in [0.1, 0.15) is 38.6 Å². The van der Waals surface area contributed by atoms with Gasteiger partial charge in [-0.3, -0.25) is 9.36 Å². The van der Waals surface area contributed by atoms with Crippen molar-refractivity contribution in [2.24, 2.45) is 0 Å². The zero-order valence-corrected chi connectivity index (χ0v) is 12.4. The molecule has 1 unspecified atom stereocenters. The summed E-state index contributed by atoms with van der Waals surface area (Å²) in [5, 5.41) is 0. The number of oxazole rings is 1. The van der Waals surface area contributed by atoms with Crippen molar-refractivity contribution in [3.63, 3.8) is 0 Å². The maximum absolute atomic E-state index is 12.6. The summed E-state index contributed by atoms with van der Waals surface area (Å²) < 4.78 is 6.66. The summed E-state index contributed by atoms with van der Waals surface area (Å²) >= 11 is 0. The number of carbonyl (C=O) groups is 1. The van der Waals surface area contributed by atoms with Gasteiger partial charge >= 0.3 is 5.76 Å². The topological polar surface area (TPSA) is 55.5 Å². The van der Waals surface area contributed by atoms with Crippen molar-refractivity contribution in [1.82, 2.24) is 9.47 Å². The van der Waals surface area contributed by atoms with Crippen LogP contribution in [0.4, 0.5) is 0 Å². The number of hydrogen-bond donors (Lipinski definition) is 0. The fourth-order valence-electron chi connectivity index (χ4n) is 3.23. The molecule has 1 amide bonds. The number of carbonyl (C=O) groups excluding carboxylic acids is 1. The predicted molar refractivity (Wildman–Crippen MR) is 80.2 cm³/mol. The second-order valence-corrected chi connectivity index (χ2v) is 5.77. The quantitative estimate of drug-likeness (QED) is 0.872. The summed E-state index contributed by atoms with van der Waals surface area (Å²) in [6, 6.07) is 6.95. The Morgan fingerprint density at radius 3 is 2.71 bits per heavy atom. The summed E-state index contributed by atoms with van der Waals surface area (Å²) in [5.74, 6) is -0.507. The van der Waals surface area contributed by atoms with Crippen molar-refractivity contribution in [2.45, 2.75) is 44.7 Å². The lowest BCUT2D eigenvalue weighted by molar-refractivity contribution is -0.135. The number of benzene rings is 1. The number of rotatable bonds is 3. The maximum Gasteiger partial charge on any atom is 0.420 e. The molecule has 5 nitrogen and oxygen atoms in total. The summed E-state index contributed by atoms with van der Waals surface area (Å²) in [5.41, 5.74) is 1.19. The van der Waals surface area contributed by atoms with Gasteiger partial charge in [-0.2, -0.15) is 0 Å². The van der Waals surface area contributed by atoms with Gasteiger partial charge in [0.1, 0.15) is 6.04 Å². The number of aromatic nitrogens is 1. The number of likely N-dealkylation sites (N-methyl/N-ethyl adjacent to an activating group) is 1. The second-order valence-electron chi connectivity index (χ2n) is 5.77. The van der Waals surface area contributed by atoms with Gasteiger partial charge in [-0.25, -0.2) is 4.79 Å². The molecule has 1 atom stereocenters. The Bertz CT molecular complexity index is 710. The molecule has 1 saturated carbocycles. The standard InChI is InChI=1S/C16H20N2O3/c1-11(15(19)17(2)12-7-3-4-8-12)18-13-9-5-6-10-14(13)21-16(18)20/h5-6,9-12H,3-4,7-8H2,1-2H3. The van der Waals surface area contributed by atoms with Crippen molar-refractivity contribution < 1.29 is 9.21 Å². The van der Waals surface area contributed by atoms with E-state index in [1.54, 1.807) is 24.0 Å². The third kappa shape index (κ3) is 2.37. The van der Waals surface area contributed by atoms with Crippen LogP contribution in [0.25, 0.3) is 11.1 Å². The molecule has 3 rings (SSSR count). The number of nitrogens with zero attached hydrogens (tertiary/aromatic N) is 2. The molecular formula is C16H20N2O3. The monoisotopic (exact) mass is 288 g/mol. The molecule has 0 aliphatic heterocycles. The summed E-state index contributed by atoms with van der Waals surface area (Å²) in [6.07, 6.45) is 4.45. The largest absolute Gasteiger partial charge is 0.420 e. The first-order valence-electron chi connectivity index (χ1n) is 7.46. The first-order chi connectivity index (χ1) is 10.1. The van der Waals surface area contributed by atoms with Crippen molar-refractivity contribution in [3.05, 3.63) is 34.8 Å². The highest BCUT2D eigenvalue weighted by Gasteiger charge is 2.29. The van der Waals surface area contributed by atoms with E-state index in [-0.39, 0.29) is 5.91 Å². The second kappa shape index (κ2) is 5.39. The van der Waals surface area contributed by atoms with Crippen LogP contribution in [0.3, 0.4) is 0 Å². The molecule has 112 valence electrons. The van der Waals surface area contributed by atoms with E-state index in [9.17, 15) is 9.59 Å². The minimum absolute atomic E-state index is 0.0319. The average Bonchev–Trinajstić information content (AvgIpc) is 3.11. The highest BCUT2D eigenvalue weighted by atomic mass is 16.4. The number of para-hydroxylation sites is 2. The SMILES string of the molecule is CC(C(=O)N(C)C1CCCC1)n1c(=O)oc2ccccc21. The van der Waals surface area contributed by atoms with E-state index >= 15 is 0 Å². The van der Waals surface area contributed by atoms with Gasteiger partial charge in [-0.1, -0.05) is 25.0 Å². The molecule has 0 bridgehead atoms. The maximum atomic E-state index is 12.6. The Labute approximate surface area is 123 Å². The van der Waals surface area contributed by atoms with Crippen LogP contribution in [-0.4, -0.2) is 28.5 Å². The highest BCUT2D eigenvalue weighted by molar-refractivity contribution is 5.83. The van der Waals surface area contributed by atoms with Gasteiger partial charge in [0.2, 0.25) is 5.91 Å². The Kier molecular flexibility index (Phi) is 3.57. The minimum Gasteiger partial charge on any atom is -0.408 e. The molecule has 0 saturated heterocycles. The van der Waals surface area contributed by atoms with Gasteiger partial charge in [0, 0.05) is 13.1 Å². The van der Waals surface area contributed by atoms with Crippen LogP contribution in [0.15, 0.2) is 33.5 Å². The Balaban J connectivity index is 1.92. The minimum atomic E-state index is -0.549. The van der Waals surface area contributed by atoms with Crippen LogP contribution in [-0.2, 0) is 4.79 Å². The van der Waals surface area contributed by atoms with Crippen molar-refractivity contribution in [2.75, 3.05) is 7.05 Å². The molecule has 0 spiro atoms. The van der Waals surface area contributed by atoms with Gasteiger partial charge in [0.25, 0.3) is 0 Å². The van der Waals surface area contributed by atoms with Gasteiger partial charge in [-0.05, 0) is 31.9 Å². The van der Waals surface area contributed by atoms with E-state index in [0.29, 0.717) is 17.1 Å². The molecule has 0 radical (unpaired) electrons. The van der Waals surface area contributed by atoms with Crippen LogP contribution in [0, 0.1) is 0 Å². The van der Waals surface area contributed by atoms with E-state index < -0.39 is 11.8 Å². The summed E-state index contributed by atoms with van der Waals surface area (Å²) in [6.45, 7) is 1.76. The Morgan fingerprint density at radius 2 is 2.00 bits per heavy atom. The van der Waals surface area contributed by atoms with Crippen LogP contribution in [0.2, 0.25) is 0 Å².